The molecule has 0 saturated carbocycles. The summed E-state index contributed by atoms with van der Waals surface area (Å²) in [4.78, 5) is 24.5. The Morgan fingerprint density at radius 1 is 0.938 bits per heavy atom. The SMILES string of the molecule is Cc1ccc(CNC(=O)COC(=O)c2ccccc2NS(=O)(=O)c2ccc(Cl)cc2)cc1. The number of amides is 1. The van der Waals surface area contributed by atoms with Crippen LogP contribution in [0.25, 0.3) is 0 Å². The van der Waals surface area contributed by atoms with E-state index in [0.29, 0.717) is 11.6 Å². The maximum Gasteiger partial charge on any atom is 0.340 e. The molecular formula is C23H21ClN2O5S. The zero-order valence-corrected chi connectivity index (χ0v) is 18.7. The van der Waals surface area contributed by atoms with Crippen LogP contribution in [0.15, 0.2) is 77.7 Å². The Labute approximate surface area is 191 Å². The van der Waals surface area contributed by atoms with Gasteiger partial charge in [-0.2, -0.15) is 0 Å². The summed E-state index contributed by atoms with van der Waals surface area (Å²) in [7, 11) is -3.96. The number of esters is 1. The number of hydrogen-bond donors (Lipinski definition) is 2. The maximum absolute atomic E-state index is 12.6. The van der Waals surface area contributed by atoms with Gasteiger partial charge in [0.25, 0.3) is 15.9 Å². The van der Waals surface area contributed by atoms with Crippen LogP contribution >= 0.6 is 11.6 Å². The highest BCUT2D eigenvalue weighted by Gasteiger charge is 2.20. The van der Waals surface area contributed by atoms with Gasteiger partial charge < -0.3 is 10.1 Å². The Bertz CT molecular complexity index is 1210. The Morgan fingerprint density at radius 3 is 2.28 bits per heavy atom. The number of halogens is 1. The van der Waals surface area contributed by atoms with Crippen molar-refractivity contribution in [2.45, 2.75) is 18.4 Å². The summed E-state index contributed by atoms with van der Waals surface area (Å²) < 4.78 is 32.7. The molecule has 0 aliphatic rings. The quantitative estimate of drug-likeness (QED) is 0.484. The largest absolute Gasteiger partial charge is 0.452 e. The minimum absolute atomic E-state index is 0.0134. The lowest BCUT2D eigenvalue weighted by molar-refractivity contribution is -0.124. The third-order valence-corrected chi connectivity index (χ3v) is 6.09. The van der Waals surface area contributed by atoms with Crippen molar-refractivity contribution in [1.29, 1.82) is 0 Å². The summed E-state index contributed by atoms with van der Waals surface area (Å²) in [5.41, 5.74) is 2.04. The van der Waals surface area contributed by atoms with E-state index in [1.807, 2.05) is 31.2 Å². The molecule has 0 aliphatic carbocycles. The fraction of sp³-hybridized carbons (Fsp3) is 0.130. The molecule has 0 unspecified atom stereocenters. The average molecular weight is 473 g/mol. The molecule has 0 aliphatic heterocycles. The molecule has 0 atom stereocenters. The minimum atomic E-state index is -3.96. The van der Waals surface area contributed by atoms with Crippen molar-refractivity contribution < 1.29 is 22.7 Å². The van der Waals surface area contributed by atoms with Crippen LogP contribution in [-0.4, -0.2) is 26.9 Å². The van der Waals surface area contributed by atoms with Gasteiger partial charge in [-0.3, -0.25) is 9.52 Å². The first-order valence-corrected chi connectivity index (χ1v) is 11.5. The van der Waals surface area contributed by atoms with Crippen molar-refractivity contribution in [2.75, 3.05) is 11.3 Å². The van der Waals surface area contributed by atoms with Crippen molar-refractivity contribution in [2.24, 2.45) is 0 Å². The second-order valence-electron chi connectivity index (χ2n) is 6.94. The van der Waals surface area contributed by atoms with Gasteiger partial charge in [-0.05, 0) is 48.9 Å². The van der Waals surface area contributed by atoms with E-state index < -0.39 is 28.5 Å². The highest BCUT2D eigenvalue weighted by atomic mass is 35.5. The zero-order chi connectivity index (χ0) is 23.1. The van der Waals surface area contributed by atoms with Gasteiger partial charge in [-0.25, -0.2) is 13.2 Å². The number of carbonyl (C=O) groups is 2. The number of ether oxygens (including phenoxy) is 1. The van der Waals surface area contributed by atoms with Gasteiger partial charge in [-0.15, -0.1) is 0 Å². The predicted octanol–water partition coefficient (Wildman–Crippen LogP) is 3.92. The first kappa shape index (κ1) is 23.3. The molecule has 0 radical (unpaired) electrons. The Hall–Kier alpha value is -3.36. The fourth-order valence-corrected chi connectivity index (χ4v) is 3.94. The van der Waals surface area contributed by atoms with Crippen LogP contribution in [0.5, 0.6) is 0 Å². The number of para-hydroxylation sites is 1. The lowest BCUT2D eigenvalue weighted by Crippen LogP contribution is -2.28. The summed E-state index contributed by atoms with van der Waals surface area (Å²) in [6.07, 6.45) is 0. The third kappa shape index (κ3) is 6.32. The monoisotopic (exact) mass is 472 g/mol. The highest BCUT2D eigenvalue weighted by molar-refractivity contribution is 7.92. The van der Waals surface area contributed by atoms with E-state index in [1.54, 1.807) is 12.1 Å². The van der Waals surface area contributed by atoms with Gasteiger partial charge in [0.2, 0.25) is 0 Å². The van der Waals surface area contributed by atoms with Gasteiger partial charge in [0, 0.05) is 11.6 Å². The molecule has 0 bridgehead atoms. The Morgan fingerprint density at radius 2 is 1.59 bits per heavy atom. The molecule has 9 heteroatoms. The number of aryl methyl sites for hydroxylation is 1. The molecular weight excluding hydrogens is 452 g/mol. The van der Waals surface area contributed by atoms with E-state index in [-0.39, 0.29) is 16.1 Å². The summed E-state index contributed by atoms with van der Waals surface area (Å²) in [5, 5.41) is 3.06. The normalized spacial score (nSPS) is 10.9. The molecule has 0 fully saturated rings. The Kier molecular flexibility index (Phi) is 7.50. The maximum atomic E-state index is 12.6. The summed E-state index contributed by atoms with van der Waals surface area (Å²) in [6, 6.07) is 19.2. The molecule has 3 rings (SSSR count). The van der Waals surface area contributed by atoms with E-state index in [4.69, 9.17) is 16.3 Å². The molecule has 0 spiro atoms. The molecule has 32 heavy (non-hydrogen) atoms. The van der Waals surface area contributed by atoms with E-state index in [2.05, 4.69) is 10.0 Å². The van der Waals surface area contributed by atoms with Crippen molar-refractivity contribution in [3.8, 4) is 0 Å². The van der Waals surface area contributed by atoms with E-state index in [9.17, 15) is 18.0 Å². The lowest BCUT2D eigenvalue weighted by atomic mass is 10.1. The van der Waals surface area contributed by atoms with Crippen LogP contribution in [0.4, 0.5) is 5.69 Å². The predicted molar refractivity (Wildman–Crippen MR) is 122 cm³/mol. The van der Waals surface area contributed by atoms with Crippen LogP contribution in [0, 0.1) is 6.92 Å². The number of sulfonamides is 1. The van der Waals surface area contributed by atoms with Crippen LogP contribution in [0.1, 0.15) is 21.5 Å². The molecule has 3 aromatic carbocycles. The van der Waals surface area contributed by atoms with Crippen LogP contribution in [-0.2, 0) is 26.1 Å². The van der Waals surface area contributed by atoms with Gasteiger partial charge in [0.1, 0.15) is 0 Å². The minimum Gasteiger partial charge on any atom is -0.452 e. The van der Waals surface area contributed by atoms with Gasteiger partial charge >= 0.3 is 5.97 Å². The third-order valence-electron chi connectivity index (χ3n) is 4.46. The van der Waals surface area contributed by atoms with Crippen LogP contribution in [0.2, 0.25) is 5.02 Å². The first-order chi connectivity index (χ1) is 15.2. The fourth-order valence-electron chi connectivity index (χ4n) is 2.73. The van der Waals surface area contributed by atoms with Gasteiger partial charge in [-0.1, -0.05) is 53.6 Å². The van der Waals surface area contributed by atoms with Gasteiger partial charge in [0.05, 0.1) is 16.1 Å². The molecule has 166 valence electrons. The van der Waals surface area contributed by atoms with E-state index >= 15 is 0 Å². The molecule has 0 saturated heterocycles. The van der Waals surface area contributed by atoms with Crippen molar-refractivity contribution in [3.05, 3.63) is 94.5 Å². The molecule has 2 N–H and O–H groups in total. The topological polar surface area (TPSA) is 102 Å². The van der Waals surface area contributed by atoms with Crippen molar-refractivity contribution in [1.82, 2.24) is 5.32 Å². The second kappa shape index (κ2) is 10.3. The number of nitrogens with one attached hydrogen (secondary N) is 2. The number of carbonyl (C=O) groups excluding carboxylic acids is 2. The zero-order valence-electron chi connectivity index (χ0n) is 17.2. The standard InChI is InChI=1S/C23H21ClN2O5S/c1-16-6-8-17(9-7-16)14-25-22(27)15-31-23(28)20-4-2-3-5-21(20)26-32(29,30)19-12-10-18(24)11-13-19/h2-13,26H,14-15H2,1H3,(H,25,27). The summed E-state index contributed by atoms with van der Waals surface area (Å²) in [6.45, 7) is 1.77. The van der Waals surface area contributed by atoms with E-state index in [1.165, 1.54) is 36.4 Å². The van der Waals surface area contributed by atoms with E-state index in [0.717, 1.165) is 11.1 Å². The van der Waals surface area contributed by atoms with Crippen molar-refractivity contribution >= 4 is 39.2 Å². The smallest absolute Gasteiger partial charge is 0.340 e. The molecule has 7 nitrogen and oxygen atoms in total. The number of hydrogen-bond acceptors (Lipinski definition) is 5. The second-order valence-corrected chi connectivity index (χ2v) is 9.06. The molecule has 3 aromatic rings. The molecule has 0 heterocycles. The number of benzene rings is 3. The average Bonchev–Trinajstić information content (AvgIpc) is 2.77. The molecule has 0 aromatic heterocycles. The number of anilines is 1. The summed E-state index contributed by atoms with van der Waals surface area (Å²) >= 11 is 5.80. The number of rotatable bonds is 8. The van der Waals surface area contributed by atoms with Crippen LogP contribution < -0.4 is 10.0 Å². The lowest BCUT2D eigenvalue weighted by Gasteiger charge is -2.12. The molecule has 1 amide bonds. The highest BCUT2D eigenvalue weighted by Crippen LogP contribution is 2.22. The summed E-state index contributed by atoms with van der Waals surface area (Å²) in [5.74, 6) is -1.30. The van der Waals surface area contributed by atoms with Gasteiger partial charge in [0.15, 0.2) is 6.61 Å². The van der Waals surface area contributed by atoms with Crippen LogP contribution in [0.3, 0.4) is 0 Å². The van der Waals surface area contributed by atoms with Crippen molar-refractivity contribution in [3.63, 3.8) is 0 Å². The Balaban J connectivity index is 1.61. The first-order valence-electron chi connectivity index (χ1n) is 9.61.